The maximum atomic E-state index is 13.1. The molecule has 0 saturated carbocycles. The van der Waals surface area contributed by atoms with Crippen molar-refractivity contribution in [2.75, 3.05) is 0 Å². The van der Waals surface area contributed by atoms with Gasteiger partial charge >= 0.3 is 0 Å². The highest BCUT2D eigenvalue weighted by atomic mass is 79.9. The number of imidazole rings is 1. The molecule has 2 aromatic rings. The number of aromatic nitrogens is 2. The van der Waals surface area contributed by atoms with Crippen LogP contribution in [0.3, 0.4) is 0 Å². The number of halogens is 2. The summed E-state index contributed by atoms with van der Waals surface area (Å²) >= 11 is 3.00. The highest BCUT2D eigenvalue weighted by Crippen LogP contribution is 2.18. The first-order valence-corrected chi connectivity index (χ1v) is 6.27. The van der Waals surface area contributed by atoms with Crippen molar-refractivity contribution in [1.82, 2.24) is 9.55 Å². The third kappa shape index (κ3) is 2.96. The average molecular weight is 325 g/mol. The van der Waals surface area contributed by atoms with Crippen molar-refractivity contribution < 1.29 is 14.0 Å². The number of aryl methyl sites for hydroxylation is 1. The van der Waals surface area contributed by atoms with E-state index in [9.17, 15) is 14.0 Å². The molecule has 0 aliphatic carbocycles. The van der Waals surface area contributed by atoms with Gasteiger partial charge in [0.2, 0.25) is 5.78 Å². The summed E-state index contributed by atoms with van der Waals surface area (Å²) in [5, 5.41) is 0. The fourth-order valence-electron chi connectivity index (χ4n) is 1.63. The lowest BCUT2D eigenvalue weighted by Crippen LogP contribution is -2.13. The van der Waals surface area contributed by atoms with E-state index < -0.39 is 5.82 Å². The van der Waals surface area contributed by atoms with Gasteiger partial charge in [-0.1, -0.05) is 0 Å². The normalized spacial score (nSPS) is 10.5. The summed E-state index contributed by atoms with van der Waals surface area (Å²) in [6, 6.07) is 3.90. The highest BCUT2D eigenvalue weighted by Gasteiger charge is 2.17. The maximum Gasteiger partial charge on any atom is 0.205 e. The van der Waals surface area contributed by atoms with Crippen molar-refractivity contribution in [3.63, 3.8) is 0 Å². The molecule has 0 fully saturated rings. The number of carbonyl (C=O) groups excluding carboxylic acids is 2. The lowest BCUT2D eigenvalue weighted by molar-refractivity contribution is 0.0886. The minimum atomic E-state index is -0.452. The molecule has 0 atom stereocenters. The maximum absolute atomic E-state index is 13.1. The Labute approximate surface area is 117 Å². The number of Topliss-reactive ketones (excluding diaryl/α,β-unsaturated/α-hetero) is 2. The predicted octanol–water partition coefficient (Wildman–Crippen LogP) is 2.78. The second-order valence-electron chi connectivity index (χ2n) is 4.01. The van der Waals surface area contributed by atoms with Crippen LogP contribution in [0.4, 0.5) is 4.39 Å². The third-order valence-corrected chi connectivity index (χ3v) is 3.24. The van der Waals surface area contributed by atoms with Crippen LogP contribution in [0.2, 0.25) is 0 Å². The molecule has 0 saturated heterocycles. The molecular formula is C13H10BrFN2O2. The molecule has 4 nitrogen and oxygen atoms in total. The fraction of sp³-hybridized carbons (Fsp3) is 0.154. The van der Waals surface area contributed by atoms with Gasteiger partial charge in [-0.2, -0.15) is 0 Å². The Bertz CT molecular complexity index is 652. The number of carbonyl (C=O) groups is 2. The second kappa shape index (κ2) is 5.44. The van der Waals surface area contributed by atoms with Crippen LogP contribution >= 0.6 is 15.9 Å². The minimum absolute atomic E-state index is 0.197. The first-order valence-electron chi connectivity index (χ1n) is 5.48. The fourth-order valence-corrected chi connectivity index (χ4v) is 2.01. The molecule has 0 aliphatic rings. The molecule has 1 aromatic carbocycles. The molecular weight excluding hydrogens is 315 g/mol. The van der Waals surface area contributed by atoms with E-state index in [0.29, 0.717) is 0 Å². The van der Waals surface area contributed by atoms with Crippen molar-refractivity contribution in [2.45, 2.75) is 6.42 Å². The van der Waals surface area contributed by atoms with Crippen LogP contribution in [-0.2, 0) is 7.05 Å². The number of benzene rings is 1. The van der Waals surface area contributed by atoms with E-state index in [1.807, 2.05) is 0 Å². The largest absolute Gasteiger partial charge is 0.332 e. The van der Waals surface area contributed by atoms with E-state index in [4.69, 9.17) is 0 Å². The van der Waals surface area contributed by atoms with E-state index in [-0.39, 0.29) is 33.8 Å². The summed E-state index contributed by atoms with van der Waals surface area (Å²) in [7, 11) is 1.68. The Morgan fingerprint density at radius 2 is 2.11 bits per heavy atom. The number of nitrogens with zero attached hydrogens (tertiary/aromatic N) is 2. The molecule has 2 rings (SSSR count). The molecule has 0 radical (unpaired) electrons. The molecule has 0 unspecified atom stereocenters. The quantitative estimate of drug-likeness (QED) is 0.642. The Morgan fingerprint density at radius 1 is 1.37 bits per heavy atom. The van der Waals surface area contributed by atoms with E-state index in [1.165, 1.54) is 24.4 Å². The summed E-state index contributed by atoms with van der Waals surface area (Å²) in [5.74, 6) is -0.951. The topological polar surface area (TPSA) is 52.0 Å². The van der Waals surface area contributed by atoms with Crippen molar-refractivity contribution in [2.24, 2.45) is 7.05 Å². The first-order chi connectivity index (χ1) is 8.99. The van der Waals surface area contributed by atoms with Gasteiger partial charge in [0.15, 0.2) is 11.6 Å². The number of hydrogen-bond acceptors (Lipinski definition) is 3. The summed E-state index contributed by atoms with van der Waals surface area (Å²) < 4.78 is 14.8. The van der Waals surface area contributed by atoms with Crippen molar-refractivity contribution in [3.8, 4) is 0 Å². The first kappa shape index (κ1) is 13.6. The number of hydrogen-bond donors (Lipinski definition) is 0. The van der Waals surface area contributed by atoms with Crippen molar-refractivity contribution >= 4 is 27.5 Å². The molecule has 6 heteroatoms. The SMILES string of the molecule is Cn1ccnc1C(=O)CC(=O)c1ccc(F)c(Br)c1. The molecule has 0 spiro atoms. The van der Waals surface area contributed by atoms with Gasteiger partial charge in [-0.3, -0.25) is 9.59 Å². The lowest BCUT2D eigenvalue weighted by Gasteiger charge is -2.02. The average Bonchev–Trinajstić information content (AvgIpc) is 2.79. The Kier molecular flexibility index (Phi) is 3.90. The smallest absolute Gasteiger partial charge is 0.205 e. The van der Waals surface area contributed by atoms with Gasteiger partial charge < -0.3 is 4.57 Å². The zero-order valence-corrected chi connectivity index (χ0v) is 11.6. The molecule has 0 N–H and O–H groups in total. The summed E-state index contributed by atoms with van der Waals surface area (Å²) in [5.41, 5.74) is 0.288. The predicted molar refractivity (Wildman–Crippen MR) is 70.6 cm³/mol. The summed E-state index contributed by atoms with van der Waals surface area (Å²) in [4.78, 5) is 27.7. The van der Waals surface area contributed by atoms with Crippen molar-refractivity contribution in [1.29, 1.82) is 0 Å². The third-order valence-electron chi connectivity index (χ3n) is 2.63. The molecule has 98 valence electrons. The highest BCUT2D eigenvalue weighted by molar-refractivity contribution is 9.10. The van der Waals surface area contributed by atoms with E-state index in [1.54, 1.807) is 17.8 Å². The van der Waals surface area contributed by atoms with E-state index in [2.05, 4.69) is 20.9 Å². The summed E-state index contributed by atoms with van der Waals surface area (Å²) in [6.45, 7) is 0. The monoisotopic (exact) mass is 324 g/mol. The van der Waals surface area contributed by atoms with Gasteiger partial charge in [0.1, 0.15) is 5.82 Å². The van der Waals surface area contributed by atoms with Crippen LogP contribution < -0.4 is 0 Å². The molecule has 0 amide bonds. The lowest BCUT2D eigenvalue weighted by atomic mass is 10.1. The van der Waals surface area contributed by atoms with E-state index >= 15 is 0 Å². The van der Waals surface area contributed by atoms with Crippen LogP contribution in [0.1, 0.15) is 27.4 Å². The zero-order valence-electron chi connectivity index (χ0n) is 10.1. The molecule has 1 aromatic heterocycles. The van der Waals surface area contributed by atoms with Crippen LogP contribution in [0.25, 0.3) is 0 Å². The van der Waals surface area contributed by atoms with Gasteiger partial charge in [0.25, 0.3) is 0 Å². The van der Waals surface area contributed by atoms with Crippen LogP contribution in [0.15, 0.2) is 35.1 Å². The van der Waals surface area contributed by atoms with Gasteiger partial charge in [0.05, 0.1) is 10.9 Å². The number of rotatable bonds is 4. The van der Waals surface area contributed by atoms with E-state index in [0.717, 1.165) is 0 Å². The summed E-state index contributed by atoms with van der Waals surface area (Å²) in [6.07, 6.45) is 2.83. The molecule has 1 heterocycles. The number of ketones is 2. The zero-order chi connectivity index (χ0) is 14.0. The van der Waals surface area contributed by atoms with Crippen LogP contribution in [-0.4, -0.2) is 21.1 Å². The van der Waals surface area contributed by atoms with Gasteiger partial charge in [-0.05, 0) is 34.1 Å². The van der Waals surface area contributed by atoms with Gasteiger partial charge in [-0.25, -0.2) is 9.37 Å². The Hall–Kier alpha value is -1.82. The van der Waals surface area contributed by atoms with Gasteiger partial charge in [-0.15, -0.1) is 0 Å². The standard InChI is InChI=1S/C13H10BrFN2O2/c1-17-5-4-16-13(17)12(19)7-11(18)8-2-3-10(15)9(14)6-8/h2-6H,7H2,1H3. The Morgan fingerprint density at radius 3 is 2.68 bits per heavy atom. The second-order valence-corrected chi connectivity index (χ2v) is 4.87. The van der Waals surface area contributed by atoms with Gasteiger partial charge in [0, 0.05) is 25.0 Å². The molecule has 0 bridgehead atoms. The molecule has 19 heavy (non-hydrogen) atoms. The van der Waals surface area contributed by atoms with Crippen LogP contribution in [0, 0.1) is 5.82 Å². The van der Waals surface area contributed by atoms with Crippen molar-refractivity contribution in [3.05, 3.63) is 52.3 Å². The van der Waals surface area contributed by atoms with Crippen LogP contribution in [0.5, 0.6) is 0 Å². The minimum Gasteiger partial charge on any atom is -0.332 e. The Balaban J connectivity index is 2.15. The molecule has 0 aliphatic heterocycles.